The average molecular weight is 393 g/mol. The Bertz CT molecular complexity index is 1010. The van der Waals surface area contributed by atoms with Gasteiger partial charge in [0, 0.05) is 31.0 Å². The van der Waals surface area contributed by atoms with E-state index in [9.17, 15) is 9.59 Å². The summed E-state index contributed by atoms with van der Waals surface area (Å²) in [5.41, 5.74) is 2.10. The molecular formula is C21H23N5O3. The molecule has 2 amide bonds. The van der Waals surface area contributed by atoms with E-state index in [0.29, 0.717) is 31.8 Å². The van der Waals surface area contributed by atoms with Crippen LogP contribution in [0.5, 0.6) is 0 Å². The number of hydrogen-bond acceptors (Lipinski definition) is 5. The van der Waals surface area contributed by atoms with Crippen LogP contribution in [0.4, 0.5) is 5.69 Å². The number of likely N-dealkylation sites (N-methyl/N-ethyl adjacent to an activating group) is 1. The third-order valence-corrected chi connectivity index (χ3v) is 5.08. The monoisotopic (exact) mass is 393 g/mol. The summed E-state index contributed by atoms with van der Waals surface area (Å²) in [4.78, 5) is 29.3. The minimum Gasteiger partial charge on any atom is -0.359 e. The first kappa shape index (κ1) is 18.9. The highest BCUT2D eigenvalue weighted by Crippen LogP contribution is 2.25. The standard InChI is InChI=1S/C21H23N5O3/c1-3-25(19-9-10-26(21(19)28)16-7-5-4-6-8-16)20(27)18-11-17(29-23-18)14-24-13-15(2)12-22-24/h4-8,11-13,19H,3,9-10,14H2,1-2H3. The van der Waals surface area contributed by atoms with E-state index in [4.69, 9.17) is 4.52 Å². The van der Waals surface area contributed by atoms with Crippen LogP contribution in [0.2, 0.25) is 0 Å². The van der Waals surface area contributed by atoms with Crippen molar-refractivity contribution in [2.75, 3.05) is 18.0 Å². The van der Waals surface area contributed by atoms with Crippen molar-refractivity contribution in [2.45, 2.75) is 32.9 Å². The zero-order valence-corrected chi connectivity index (χ0v) is 16.5. The molecule has 0 spiro atoms. The Balaban J connectivity index is 1.48. The maximum atomic E-state index is 13.0. The lowest BCUT2D eigenvalue weighted by atomic mass is 10.2. The van der Waals surface area contributed by atoms with Crippen LogP contribution >= 0.6 is 0 Å². The maximum Gasteiger partial charge on any atom is 0.276 e. The summed E-state index contributed by atoms with van der Waals surface area (Å²) in [6.07, 6.45) is 4.23. The van der Waals surface area contributed by atoms with Gasteiger partial charge in [-0.3, -0.25) is 14.3 Å². The normalized spacial score (nSPS) is 16.4. The Kier molecular flexibility index (Phi) is 5.16. The maximum absolute atomic E-state index is 13.0. The van der Waals surface area contributed by atoms with Gasteiger partial charge in [0.1, 0.15) is 12.6 Å². The Hall–Kier alpha value is -3.42. The van der Waals surface area contributed by atoms with Crippen LogP contribution in [0.3, 0.4) is 0 Å². The fourth-order valence-electron chi connectivity index (χ4n) is 3.67. The van der Waals surface area contributed by atoms with E-state index in [1.54, 1.807) is 26.7 Å². The molecular weight excluding hydrogens is 370 g/mol. The molecule has 1 fully saturated rings. The molecule has 1 atom stereocenters. The summed E-state index contributed by atoms with van der Waals surface area (Å²) < 4.78 is 7.04. The molecule has 0 radical (unpaired) electrons. The van der Waals surface area contributed by atoms with E-state index in [2.05, 4.69) is 10.3 Å². The molecule has 1 saturated heterocycles. The molecule has 3 aromatic rings. The third-order valence-electron chi connectivity index (χ3n) is 5.08. The number of para-hydroxylation sites is 1. The van der Waals surface area contributed by atoms with Crippen molar-refractivity contribution in [2.24, 2.45) is 0 Å². The van der Waals surface area contributed by atoms with Crippen molar-refractivity contribution in [3.8, 4) is 0 Å². The number of aryl methyl sites for hydroxylation is 1. The number of rotatable bonds is 6. The van der Waals surface area contributed by atoms with Gasteiger partial charge in [-0.15, -0.1) is 0 Å². The second-order valence-electron chi connectivity index (χ2n) is 7.11. The fourth-order valence-corrected chi connectivity index (χ4v) is 3.67. The molecule has 8 heteroatoms. The summed E-state index contributed by atoms with van der Waals surface area (Å²) in [7, 11) is 0. The number of benzene rings is 1. The van der Waals surface area contributed by atoms with Gasteiger partial charge in [0.25, 0.3) is 5.91 Å². The van der Waals surface area contributed by atoms with Gasteiger partial charge in [-0.25, -0.2) is 0 Å². The fraction of sp³-hybridized carbons (Fsp3) is 0.333. The number of amides is 2. The number of anilines is 1. The van der Waals surface area contributed by atoms with Crippen molar-refractivity contribution < 1.29 is 14.1 Å². The van der Waals surface area contributed by atoms with Crippen molar-refractivity contribution in [3.63, 3.8) is 0 Å². The van der Waals surface area contributed by atoms with Crippen molar-refractivity contribution in [1.29, 1.82) is 0 Å². The van der Waals surface area contributed by atoms with Crippen molar-refractivity contribution in [3.05, 3.63) is 65.8 Å². The topological polar surface area (TPSA) is 84.5 Å². The van der Waals surface area contributed by atoms with Crippen LogP contribution in [0.15, 0.2) is 53.3 Å². The van der Waals surface area contributed by atoms with E-state index in [-0.39, 0.29) is 17.5 Å². The minimum absolute atomic E-state index is 0.0675. The molecule has 0 N–H and O–H groups in total. The van der Waals surface area contributed by atoms with Gasteiger partial charge in [-0.05, 0) is 38.0 Å². The Morgan fingerprint density at radius 2 is 2.10 bits per heavy atom. The molecule has 150 valence electrons. The van der Waals surface area contributed by atoms with Crippen molar-refractivity contribution in [1.82, 2.24) is 19.8 Å². The smallest absolute Gasteiger partial charge is 0.276 e. The molecule has 1 unspecified atom stereocenters. The summed E-state index contributed by atoms with van der Waals surface area (Å²) in [6.45, 7) is 5.21. The Morgan fingerprint density at radius 1 is 1.31 bits per heavy atom. The average Bonchev–Trinajstić information content (AvgIpc) is 3.45. The lowest BCUT2D eigenvalue weighted by Crippen LogP contribution is -2.45. The predicted molar refractivity (Wildman–Crippen MR) is 106 cm³/mol. The van der Waals surface area contributed by atoms with Gasteiger partial charge in [0.15, 0.2) is 11.5 Å². The Labute approximate surface area is 168 Å². The van der Waals surface area contributed by atoms with Gasteiger partial charge in [0.2, 0.25) is 5.91 Å². The number of carbonyl (C=O) groups excluding carboxylic acids is 2. The summed E-state index contributed by atoms with van der Waals surface area (Å²) >= 11 is 0. The van der Waals surface area contributed by atoms with Gasteiger partial charge >= 0.3 is 0 Å². The molecule has 0 saturated carbocycles. The highest BCUT2D eigenvalue weighted by molar-refractivity contribution is 6.03. The lowest BCUT2D eigenvalue weighted by molar-refractivity contribution is -0.120. The van der Waals surface area contributed by atoms with Crippen LogP contribution < -0.4 is 4.90 Å². The number of aromatic nitrogens is 3. The van der Waals surface area contributed by atoms with Crippen LogP contribution in [0, 0.1) is 6.92 Å². The molecule has 4 rings (SSSR count). The molecule has 8 nitrogen and oxygen atoms in total. The van der Waals surface area contributed by atoms with Gasteiger partial charge in [-0.1, -0.05) is 23.4 Å². The van der Waals surface area contributed by atoms with Gasteiger partial charge < -0.3 is 14.3 Å². The number of hydrogen-bond donors (Lipinski definition) is 0. The molecule has 2 aromatic heterocycles. The molecule has 0 aliphatic carbocycles. The number of nitrogens with zero attached hydrogens (tertiary/aromatic N) is 5. The highest BCUT2D eigenvalue weighted by Gasteiger charge is 2.39. The van der Waals surface area contributed by atoms with Gasteiger partial charge in [-0.2, -0.15) is 5.10 Å². The minimum atomic E-state index is -0.498. The predicted octanol–water partition coefficient (Wildman–Crippen LogP) is 2.50. The molecule has 0 bridgehead atoms. The second-order valence-corrected chi connectivity index (χ2v) is 7.11. The van der Waals surface area contributed by atoms with Crippen molar-refractivity contribution >= 4 is 17.5 Å². The Morgan fingerprint density at radius 3 is 2.79 bits per heavy atom. The van der Waals surface area contributed by atoms with Crippen LogP contribution in [0.25, 0.3) is 0 Å². The summed E-state index contributed by atoms with van der Waals surface area (Å²) in [6, 6.07) is 10.6. The lowest BCUT2D eigenvalue weighted by Gasteiger charge is -2.26. The van der Waals surface area contributed by atoms with Crippen LogP contribution in [-0.2, 0) is 11.3 Å². The molecule has 3 heterocycles. The number of carbonyl (C=O) groups is 2. The van der Waals surface area contributed by atoms with Crippen LogP contribution in [-0.4, -0.2) is 50.8 Å². The summed E-state index contributed by atoms with van der Waals surface area (Å²) in [5.74, 6) is 0.172. The quantitative estimate of drug-likeness (QED) is 0.642. The van der Waals surface area contributed by atoms with E-state index in [1.165, 1.54) is 0 Å². The first-order valence-electron chi connectivity index (χ1n) is 9.69. The highest BCUT2D eigenvalue weighted by atomic mass is 16.5. The van der Waals surface area contributed by atoms with E-state index in [1.807, 2.05) is 50.4 Å². The first-order valence-corrected chi connectivity index (χ1v) is 9.69. The van der Waals surface area contributed by atoms with Gasteiger partial charge in [0.05, 0.1) is 6.20 Å². The molecule has 29 heavy (non-hydrogen) atoms. The van der Waals surface area contributed by atoms with E-state index < -0.39 is 6.04 Å². The summed E-state index contributed by atoms with van der Waals surface area (Å²) in [5, 5.41) is 8.14. The van der Waals surface area contributed by atoms with Crippen LogP contribution in [0.1, 0.15) is 35.2 Å². The second kappa shape index (κ2) is 7.90. The molecule has 1 aromatic carbocycles. The zero-order chi connectivity index (χ0) is 20.4. The third kappa shape index (κ3) is 3.78. The molecule has 1 aliphatic heterocycles. The zero-order valence-electron chi connectivity index (χ0n) is 16.5. The SMILES string of the molecule is CCN(C(=O)c1cc(Cn2cc(C)cn2)on1)C1CCN(c2ccccc2)C1=O. The molecule has 1 aliphatic rings. The first-order chi connectivity index (χ1) is 14.1. The largest absolute Gasteiger partial charge is 0.359 e. The van der Waals surface area contributed by atoms with E-state index in [0.717, 1.165) is 11.3 Å². The van der Waals surface area contributed by atoms with E-state index >= 15 is 0 Å².